The zero-order valence-corrected chi connectivity index (χ0v) is 18.1. The Morgan fingerprint density at radius 1 is 1.20 bits per heavy atom. The van der Waals surface area contributed by atoms with Crippen molar-refractivity contribution in [1.29, 1.82) is 0 Å². The minimum Gasteiger partial charge on any atom is -0.495 e. The summed E-state index contributed by atoms with van der Waals surface area (Å²) in [5.41, 5.74) is 8.55. The summed E-state index contributed by atoms with van der Waals surface area (Å²) in [5.74, 6) is 0.713. The Morgan fingerprint density at radius 3 is 2.53 bits per heavy atom. The molecule has 2 aliphatic rings. The van der Waals surface area contributed by atoms with Gasteiger partial charge >= 0.3 is 0 Å². The lowest BCUT2D eigenvalue weighted by Crippen LogP contribution is -2.51. The van der Waals surface area contributed by atoms with Crippen LogP contribution >= 0.6 is 11.6 Å². The van der Waals surface area contributed by atoms with E-state index < -0.39 is 5.91 Å². The topological polar surface area (TPSA) is 84.7 Å². The third-order valence-electron chi connectivity index (χ3n) is 6.19. The highest BCUT2D eigenvalue weighted by atomic mass is 35.5. The van der Waals surface area contributed by atoms with Crippen LogP contribution in [0.4, 0.5) is 11.4 Å². The fraction of sp³-hybridized carbons (Fsp3) is 0.391. The summed E-state index contributed by atoms with van der Waals surface area (Å²) in [7, 11) is 1.58. The van der Waals surface area contributed by atoms with Crippen LogP contribution < -0.4 is 20.7 Å². The number of rotatable bonds is 5. The van der Waals surface area contributed by atoms with Crippen LogP contribution in [0.1, 0.15) is 48.7 Å². The van der Waals surface area contributed by atoms with Crippen LogP contribution in [0.5, 0.6) is 5.75 Å². The fourth-order valence-electron chi connectivity index (χ4n) is 4.65. The standard InChI is InChI=1S/C23H26ClN3O3/c1-12-21(26-16-7-8-18(24)20(11-16)30-3)17-10-15(23(25)29)6-9-19(17)27(13(2)28)22(12)14-4-5-14/h6-12,14,21-22,26H,4-5H2,1-3H3,(H2,25,29)/t12-,21-,22-/m1/s1. The first-order valence-electron chi connectivity index (χ1n) is 10.2. The average Bonchev–Trinajstić information content (AvgIpc) is 3.55. The molecular weight excluding hydrogens is 402 g/mol. The number of amides is 2. The maximum Gasteiger partial charge on any atom is 0.248 e. The van der Waals surface area contributed by atoms with E-state index in [9.17, 15) is 9.59 Å². The van der Waals surface area contributed by atoms with E-state index in [1.807, 2.05) is 23.1 Å². The summed E-state index contributed by atoms with van der Waals surface area (Å²) >= 11 is 6.18. The SMILES string of the molecule is COc1cc(N[C@H]2c3cc(C(N)=O)ccc3N(C(C)=O)[C@@H](C3CC3)[C@@H]2C)ccc1Cl. The highest BCUT2D eigenvalue weighted by Crippen LogP contribution is 2.50. The largest absolute Gasteiger partial charge is 0.495 e. The monoisotopic (exact) mass is 427 g/mol. The first-order chi connectivity index (χ1) is 14.3. The van der Waals surface area contributed by atoms with Gasteiger partial charge in [0.25, 0.3) is 0 Å². The van der Waals surface area contributed by atoms with Gasteiger partial charge in [0.15, 0.2) is 0 Å². The number of methoxy groups -OCH3 is 1. The van der Waals surface area contributed by atoms with Gasteiger partial charge in [0.1, 0.15) is 5.75 Å². The minimum atomic E-state index is -0.490. The smallest absolute Gasteiger partial charge is 0.248 e. The molecule has 3 N–H and O–H groups in total. The second-order valence-electron chi connectivity index (χ2n) is 8.19. The Bertz CT molecular complexity index is 1010. The highest BCUT2D eigenvalue weighted by molar-refractivity contribution is 6.32. The molecule has 3 atom stereocenters. The Morgan fingerprint density at radius 2 is 1.93 bits per heavy atom. The molecule has 1 aliphatic heterocycles. The molecular formula is C23H26ClN3O3. The van der Waals surface area contributed by atoms with Gasteiger partial charge in [-0.15, -0.1) is 0 Å². The lowest BCUT2D eigenvalue weighted by atomic mass is 9.79. The number of carbonyl (C=O) groups is 2. The fourth-order valence-corrected chi connectivity index (χ4v) is 4.84. The molecule has 0 aromatic heterocycles. The first kappa shape index (κ1) is 20.5. The van der Waals surface area contributed by atoms with Gasteiger partial charge in [-0.2, -0.15) is 0 Å². The maximum absolute atomic E-state index is 12.6. The van der Waals surface area contributed by atoms with E-state index >= 15 is 0 Å². The summed E-state index contributed by atoms with van der Waals surface area (Å²) in [6.07, 6.45) is 2.24. The van der Waals surface area contributed by atoms with Gasteiger partial charge in [-0.05, 0) is 54.7 Å². The zero-order chi connectivity index (χ0) is 21.6. The van der Waals surface area contributed by atoms with Crippen molar-refractivity contribution in [2.24, 2.45) is 17.6 Å². The number of primary amides is 1. The lowest BCUT2D eigenvalue weighted by Gasteiger charge is -2.46. The van der Waals surface area contributed by atoms with Crippen molar-refractivity contribution < 1.29 is 14.3 Å². The molecule has 7 heteroatoms. The summed E-state index contributed by atoms with van der Waals surface area (Å²) in [5, 5.41) is 4.14. The molecule has 0 unspecified atom stereocenters. The predicted molar refractivity (Wildman–Crippen MR) is 118 cm³/mol. The normalized spacial score (nSPS) is 22.9. The van der Waals surface area contributed by atoms with E-state index in [4.69, 9.17) is 22.1 Å². The zero-order valence-electron chi connectivity index (χ0n) is 17.3. The summed E-state index contributed by atoms with van der Waals surface area (Å²) in [6, 6.07) is 10.9. The Balaban J connectivity index is 1.82. The van der Waals surface area contributed by atoms with Gasteiger partial charge in [-0.1, -0.05) is 18.5 Å². The van der Waals surface area contributed by atoms with E-state index in [1.54, 1.807) is 32.2 Å². The highest BCUT2D eigenvalue weighted by Gasteiger charge is 2.47. The molecule has 0 spiro atoms. The Kier molecular flexibility index (Phi) is 5.36. The van der Waals surface area contributed by atoms with E-state index in [0.717, 1.165) is 29.8 Å². The summed E-state index contributed by atoms with van der Waals surface area (Å²) < 4.78 is 5.35. The number of halogens is 1. The second kappa shape index (κ2) is 7.84. The Labute approximate surface area is 181 Å². The van der Waals surface area contributed by atoms with Gasteiger partial charge in [0.2, 0.25) is 11.8 Å². The molecule has 2 aromatic carbocycles. The van der Waals surface area contributed by atoms with Crippen LogP contribution in [-0.4, -0.2) is 25.0 Å². The lowest BCUT2D eigenvalue weighted by molar-refractivity contribution is -0.117. The molecule has 1 saturated carbocycles. The number of ether oxygens (including phenoxy) is 1. The van der Waals surface area contributed by atoms with Crippen molar-refractivity contribution >= 4 is 34.8 Å². The van der Waals surface area contributed by atoms with Gasteiger partial charge < -0.3 is 20.7 Å². The van der Waals surface area contributed by atoms with Crippen LogP contribution in [0.2, 0.25) is 5.02 Å². The second-order valence-corrected chi connectivity index (χ2v) is 8.59. The quantitative estimate of drug-likeness (QED) is 0.741. The number of nitrogens with one attached hydrogen (secondary N) is 1. The maximum atomic E-state index is 12.6. The van der Waals surface area contributed by atoms with Crippen molar-refractivity contribution in [2.45, 2.75) is 38.8 Å². The van der Waals surface area contributed by atoms with Crippen LogP contribution in [0, 0.1) is 11.8 Å². The van der Waals surface area contributed by atoms with Gasteiger partial charge in [0.05, 0.1) is 18.2 Å². The van der Waals surface area contributed by atoms with Crippen molar-refractivity contribution in [3.05, 3.63) is 52.5 Å². The van der Waals surface area contributed by atoms with Crippen LogP contribution in [0.25, 0.3) is 0 Å². The van der Waals surface area contributed by atoms with Crippen molar-refractivity contribution in [3.8, 4) is 5.75 Å². The van der Waals surface area contributed by atoms with Crippen LogP contribution in [0.15, 0.2) is 36.4 Å². The predicted octanol–water partition coefficient (Wildman–Crippen LogP) is 4.38. The number of benzene rings is 2. The molecule has 1 fully saturated rings. The molecule has 1 heterocycles. The summed E-state index contributed by atoms with van der Waals surface area (Å²) in [6.45, 7) is 3.76. The van der Waals surface area contributed by atoms with Gasteiger partial charge in [-0.3, -0.25) is 9.59 Å². The number of fused-ring (bicyclic) bond motifs is 1. The molecule has 1 aliphatic carbocycles. The minimum absolute atomic E-state index is 0.0124. The summed E-state index contributed by atoms with van der Waals surface area (Å²) in [4.78, 5) is 26.4. The molecule has 30 heavy (non-hydrogen) atoms. The molecule has 0 radical (unpaired) electrons. The van der Waals surface area contributed by atoms with Gasteiger partial charge in [-0.25, -0.2) is 0 Å². The third-order valence-corrected chi connectivity index (χ3v) is 6.50. The number of carbonyl (C=O) groups excluding carboxylic acids is 2. The molecule has 4 rings (SSSR count). The van der Waals surface area contributed by atoms with Gasteiger partial charge in [0, 0.05) is 41.9 Å². The van der Waals surface area contributed by atoms with Crippen LogP contribution in [-0.2, 0) is 4.79 Å². The number of anilines is 2. The van der Waals surface area contributed by atoms with E-state index in [2.05, 4.69) is 12.2 Å². The van der Waals surface area contributed by atoms with E-state index in [1.165, 1.54) is 0 Å². The molecule has 0 bridgehead atoms. The van der Waals surface area contributed by atoms with Crippen molar-refractivity contribution in [1.82, 2.24) is 0 Å². The molecule has 2 aromatic rings. The average molecular weight is 428 g/mol. The van der Waals surface area contributed by atoms with Crippen molar-refractivity contribution in [2.75, 3.05) is 17.3 Å². The number of hydrogen-bond acceptors (Lipinski definition) is 4. The number of nitrogens with two attached hydrogens (primary N) is 1. The van der Waals surface area contributed by atoms with Crippen molar-refractivity contribution in [3.63, 3.8) is 0 Å². The molecule has 6 nitrogen and oxygen atoms in total. The Hall–Kier alpha value is -2.73. The first-order valence-corrected chi connectivity index (χ1v) is 10.5. The number of nitrogens with zero attached hydrogens (tertiary/aromatic N) is 1. The van der Waals surface area contributed by atoms with E-state index in [-0.39, 0.29) is 23.9 Å². The van der Waals surface area contributed by atoms with Crippen LogP contribution in [0.3, 0.4) is 0 Å². The van der Waals surface area contributed by atoms with E-state index in [0.29, 0.717) is 22.3 Å². The third kappa shape index (κ3) is 3.60. The molecule has 0 saturated heterocycles. The molecule has 158 valence electrons. The number of hydrogen-bond donors (Lipinski definition) is 2. The molecule has 2 amide bonds.